The van der Waals surface area contributed by atoms with Gasteiger partial charge in [-0.1, -0.05) is 17.7 Å². The van der Waals surface area contributed by atoms with Gasteiger partial charge in [0, 0.05) is 22.9 Å². The van der Waals surface area contributed by atoms with E-state index in [1.165, 1.54) is 11.8 Å². The van der Waals surface area contributed by atoms with Gasteiger partial charge in [-0.2, -0.15) is 0 Å². The van der Waals surface area contributed by atoms with E-state index < -0.39 is 23.2 Å². The lowest BCUT2D eigenvalue weighted by Crippen LogP contribution is -2.51. The lowest BCUT2D eigenvalue weighted by molar-refractivity contribution is -0.141. The highest BCUT2D eigenvalue weighted by Crippen LogP contribution is 2.22. The number of anilines is 1. The lowest BCUT2D eigenvalue weighted by Gasteiger charge is -2.25. The van der Waals surface area contributed by atoms with E-state index in [0.29, 0.717) is 10.7 Å². The van der Waals surface area contributed by atoms with Crippen molar-refractivity contribution >= 4 is 46.8 Å². The molecule has 0 radical (unpaired) electrons. The molecule has 0 spiro atoms. The van der Waals surface area contributed by atoms with Crippen LogP contribution in [0.3, 0.4) is 0 Å². The van der Waals surface area contributed by atoms with Crippen LogP contribution >= 0.6 is 23.4 Å². The fraction of sp³-hybridized carbons (Fsp3) is 0.308. The highest BCUT2D eigenvalue weighted by Gasteiger charge is 2.33. The summed E-state index contributed by atoms with van der Waals surface area (Å²) < 4.78 is 0. The number of rotatable bonds is 4. The van der Waals surface area contributed by atoms with Crippen LogP contribution in [0.5, 0.6) is 0 Å². The molecule has 2 atom stereocenters. The summed E-state index contributed by atoms with van der Waals surface area (Å²) in [6.45, 7) is 0. The highest BCUT2D eigenvalue weighted by atomic mass is 35.5. The van der Waals surface area contributed by atoms with E-state index in [0.717, 1.165) is 0 Å². The molecule has 1 heterocycles. The average molecular weight is 329 g/mol. The molecule has 1 aromatic rings. The number of hydrogen-bond donors (Lipinski definition) is 3. The number of benzene rings is 1. The third kappa shape index (κ3) is 4.37. The summed E-state index contributed by atoms with van der Waals surface area (Å²) in [7, 11) is 0. The molecule has 3 N–H and O–H groups in total. The van der Waals surface area contributed by atoms with Crippen molar-refractivity contribution in [2.75, 3.05) is 11.1 Å². The number of aliphatic carboxylic acids is 1. The Hall–Kier alpha value is -1.73. The third-order valence-corrected chi connectivity index (χ3v) is 4.39. The van der Waals surface area contributed by atoms with Gasteiger partial charge in [-0.25, -0.2) is 4.79 Å². The number of amides is 2. The number of hydrogen-bond acceptors (Lipinski definition) is 4. The molecule has 0 bridgehead atoms. The Bertz CT molecular complexity index is 581. The van der Waals surface area contributed by atoms with Crippen LogP contribution < -0.4 is 10.6 Å². The quantitative estimate of drug-likeness (QED) is 0.775. The number of carbonyl (C=O) groups is 3. The fourth-order valence-electron chi connectivity index (χ4n) is 1.83. The van der Waals surface area contributed by atoms with Crippen LogP contribution in [0.2, 0.25) is 5.02 Å². The second-order valence-electron chi connectivity index (χ2n) is 4.48. The number of carbonyl (C=O) groups excluding carboxylic acids is 2. The van der Waals surface area contributed by atoms with E-state index in [1.54, 1.807) is 24.3 Å². The topological polar surface area (TPSA) is 95.5 Å². The van der Waals surface area contributed by atoms with Crippen molar-refractivity contribution < 1.29 is 19.5 Å². The summed E-state index contributed by atoms with van der Waals surface area (Å²) >= 11 is 6.98. The summed E-state index contributed by atoms with van der Waals surface area (Å²) in [4.78, 5) is 34.4. The number of carboxylic acid groups (broad SMARTS) is 1. The molecule has 6 nitrogen and oxygen atoms in total. The first-order valence-electron chi connectivity index (χ1n) is 6.16. The van der Waals surface area contributed by atoms with Crippen molar-refractivity contribution in [2.45, 2.75) is 17.7 Å². The highest BCUT2D eigenvalue weighted by molar-refractivity contribution is 8.00. The van der Waals surface area contributed by atoms with Crippen LogP contribution in [-0.4, -0.2) is 39.9 Å². The van der Waals surface area contributed by atoms with E-state index in [4.69, 9.17) is 16.7 Å². The summed E-state index contributed by atoms with van der Waals surface area (Å²) in [6.07, 6.45) is -0.0185. The average Bonchev–Trinajstić information content (AvgIpc) is 2.40. The molecule has 2 amide bonds. The van der Waals surface area contributed by atoms with Gasteiger partial charge in [-0.3, -0.25) is 9.59 Å². The molecule has 1 aromatic carbocycles. The molecule has 0 aliphatic carbocycles. The fourth-order valence-corrected chi connectivity index (χ4v) is 3.16. The van der Waals surface area contributed by atoms with E-state index in [2.05, 4.69) is 10.6 Å². The Morgan fingerprint density at radius 1 is 1.48 bits per heavy atom. The minimum Gasteiger partial charge on any atom is -0.480 e. The molecule has 1 saturated heterocycles. The minimum atomic E-state index is -1.07. The first-order chi connectivity index (χ1) is 9.95. The normalized spacial score (nSPS) is 21.5. The van der Waals surface area contributed by atoms with Crippen molar-refractivity contribution in [2.24, 2.45) is 0 Å². The van der Waals surface area contributed by atoms with Gasteiger partial charge in [0.1, 0.15) is 6.04 Å². The summed E-state index contributed by atoms with van der Waals surface area (Å²) in [5, 5.41) is 13.8. The molecule has 2 rings (SSSR count). The predicted octanol–water partition coefficient (Wildman–Crippen LogP) is 1.35. The Morgan fingerprint density at radius 2 is 2.24 bits per heavy atom. The number of nitrogens with one attached hydrogen (secondary N) is 2. The molecule has 0 aromatic heterocycles. The molecule has 21 heavy (non-hydrogen) atoms. The van der Waals surface area contributed by atoms with E-state index in [9.17, 15) is 14.4 Å². The molecule has 0 saturated carbocycles. The summed E-state index contributed by atoms with van der Waals surface area (Å²) in [5.41, 5.74) is 0.553. The van der Waals surface area contributed by atoms with Gasteiger partial charge in [-0.05, 0) is 18.2 Å². The summed E-state index contributed by atoms with van der Waals surface area (Å²) in [6, 6.07) is 5.80. The Morgan fingerprint density at radius 3 is 2.86 bits per heavy atom. The zero-order chi connectivity index (χ0) is 15.4. The molecule has 1 aliphatic heterocycles. The van der Waals surface area contributed by atoms with Crippen LogP contribution in [0, 0.1) is 0 Å². The van der Waals surface area contributed by atoms with Crippen molar-refractivity contribution in [3.05, 3.63) is 29.3 Å². The van der Waals surface area contributed by atoms with E-state index in [-0.39, 0.29) is 18.1 Å². The van der Waals surface area contributed by atoms with E-state index in [1.807, 2.05) is 0 Å². The monoisotopic (exact) mass is 328 g/mol. The van der Waals surface area contributed by atoms with Crippen molar-refractivity contribution in [3.8, 4) is 0 Å². The first-order valence-corrected chi connectivity index (χ1v) is 7.58. The van der Waals surface area contributed by atoms with Gasteiger partial charge in [0.05, 0.1) is 5.25 Å². The van der Waals surface area contributed by atoms with Gasteiger partial charge in [-0.15, -0.1) is 11.8 Å². The largest absolute Gasteiger partial charge is 0.480 e. The number of thioether (sulfide) groups is 1. The molecular weight excluding hydrogens is 316 g/mol. The maximum atomic E-state index is 11.9. The first kappa shape index (κ1) is 15.7. The van der Waals surface area contributed by atoms with Gasteiger partial charge >= 0.3 is 5.97 Å². The molecule has 8 heteroatoms. The smallest absolute Gasteiger partial charge is 0.327 e. The van der Waals surface area contributed by atoms with Gasteiger partial charge < -0.3 is 15.7 Å². The van der Waals surface area contributed by atoms with Gasteiger partial charge in [0.25, 0.3) is 0 Å². The van der Waals surface area contributed by atoms with Gasteiger partial charge in [0.2, 0.25) is 11.8 Å². The van der Waals surface area contributed by atoms with Crippen molar-refractivity contribution in [1.82, 2.24) is 5.32 Å². The SMILES string of the molecule is O=C(C[C@H]1SC[C@H](C(=O)O)NC1=O)Nc1cccc(Cl)c1. The molecular formula is C13H13ClN2O4S. The standard InChI is InChI=1S/C13H13ClN2O4S/c14-7-2-1-3-8(4-7)15-11(17)5-10-12(18)16-9(6-21-10)13(19)20/h1-4,9-10H,5-6H2,(H,15,17)(H,16,18)(H,19,20)/t9-,10-/m1/s1. The second-order valence-corrected chi connectivity index (χ2v) is 6.16. The second kappa shape index (κ2) is 6.82. The Labute approximate surface area is 130 Å². The molecule has 1 aliphatic rings. The van der Waals surface area contributed by atoms with Gasteiger partial charge in [0.15, 0.2) is 0 Å². The van der Waals surface area contributed by atoms with Crippen molar-refractivity contribution in [3.63, 3.8) is 0 Å². The molecule has 0 unspecified atom stereocenters. The van der Waals surface area contributed by atoms with Crippen LogP contribution in [-0.2, 0) is 14.4 Å². The predicted molar refractivity (Wildman–Crippen MR) is 80.5 cm³/mol. The zero-order valence-corrected chi connectivity index (χ0v) is 12.4. The number of carboxylic acids is 1. The zero-order valence-electron chi connectivity index (χ0n) is 10.8. The summed E-state index contributed by atoms with van der Waals surface area (Å²) in [5.74, 6) is -1.58. The Kier molecular flexibility index (Phi) is 5.08. The maximum Gasteiger partial charge on any atom is 0.327 e. The van der Waals surface area contributed by atoms with E-state index >= 15 is 0 Å². The minimum absolute atomic E-state index is 0.0185. The third-order valence-electron chi connectivity index (χ3n) is 2.85. The van der Waals surface area contributed by atoms with Crippen LogP contribution in [0.4, 0.5) is 5.69 Å². The van der Waals surface area contributed by atoms with Crippen molar-refractivity contribution in [1.29, 1.82) is 0 Å². The molecule has 112 valence electrons. The number of halogens is 1. The lowest BCUT2D eigenvalue weighted by atomic mass is 10.2. The van der Waals surface area contributed by atoms with Crippen LogP contribution in [0.25, 0.3) is 0 Å². The maximum absolute atomic E-state index is 11.9. The molecule has 1 fully saturated rings. The van der Waals surface area contributed by atoms with Crippen LogP contribution in [0.15, 0.2) is 24.3 Å². The Balaban J connectivity index is 1.89. The van der Waals surface area contributed by atoms with Crippen LogP contribution in [0.1, 0.15) is 6.42 Å².